The van der Waals surface area contributed by atoms with E-state index in [1.54, 1.807) is 24.3 Å². The van der Waals surface area contributed by atoms with Crippen LogP contribution >= 0.6 is 12.4 Å². The number of hydrogen-bond donors (Lipinski definition) is 4. The maximum atomic E-state index is 13.7. The number of rotatable bonds is 10. The maximum absolute atomic E-state index is 13.7. The number of likely N-dealkylation sites (N-methyl/N-ethyl adjacent to an activating group) is 1. The van der Waals surface area contributed by atoms with Crippen molar-refractivity contribution in [1.29, 1.82) is 0 Å². The fraction of sp³-hybridized carbons (Fsp3) is 0.389. The first-order valence-electron chi connectivity index (χ1n) is 16.7. The van der Waals surface area contributed by atoms with E-state index in [4.69, 9.17) is 5.73 Å². The van der Waals surface area contributed by atoms with Crippen LogP contribution in [0, 0.1) is 11.8 Å². The van der Waals surface area contributed by atoms with Crippen molar-refractivity contribution >= 4 is 35.8 Å². The van der Waals surface area contributed by atoms with Crippen molar-refractivity contribution in [2.24, 2.45) is 17.6 Å². The average molecular weight is 686 g/mol. The molecule has 13 heteroatoms. The molecule has 3 aromatic carbocycles. The van der Waals surface area contributed by atoms with Crippen LogP contribution in [0.2, 0.25) is 0 Å². The molecule has 1 saturated heterocycles. The molecular formula is C36H44ClN9O3. The highest BCUT2D eigenvalue weighted by molar-refractivity contribution is 5.98. The Morgan fingerprint density at radius 2 is 1.59 bits per heavy atom. The summed E-state index contributed by atoms with van der Waals surface area (Å²) >= 11 is 0. The van der Waals surface area contributed by atoms with E-state index in [2.05, 4.69) is 43.2 Å². The van der Waals surface area contributed by atoms with Gasteiger partial charge in [-0.15, -0.1) is 22.6 Å². The van der Waals surface area contributed by atoms with Gasteiger partial charge in [-0.25, -0.2) is 0 Å². The normalized spacial score (nSPS) is 18.6. The highest BCUT2D eigenvalue weighted by atomic mass is 35.5. The molecule has 258 valence electrons. The summed E-state index contributed by atoms with van der Waals surface area (Å²) in [6.07, 6.45) is 3.68. The number of anilines is 1. The highest BCUT2D eigenvalue weighted by Crippen LogP contribution is 2.29. The van der Waals surface area contributed by atoms with Crippen molar-refractivity contribution in [2.45, 2.75) is 38.1 Å². The first kappa shape index (κ1) is 35.7. The number of aromatic nitrogens is 4. The number of aromatic amines is 1. The largest absolute Gasteiger partial charge is 0.344 e. The van der Waals surface area contributed by atoms with E-state index in [1.807, 2.05) is 53.4 Å². The number of carbonyl (C=O) groups excluding carboxylic acids is 3. The zero-order valence-electron chi connectivity index (χ0n) is 27.7. The summed E-state index contributed by atoms with van der Waals surface area (Å²) in [4.78, 5) is 44.4. The van der Waals surface area contributed by atoms with E-state index in [0.29, 0.717) is 36.0 Å². The Labute approximate surface area is 292 Å². The lowest BCUT2D eigenvalue weighted by Gasteiger charge is -2.32. The van der Waals surface area contributed by atoms with Gasteiger partial charge in [-0.2, -0.15) is 5.21 Å². The van der Waals surface area contributed by atoms with E-state index in [1.165, 1.54) is 0 Å². The molecule has 12 nitrogen and oxygen atoms in total. The Hall–Kier alpha value is -4.65. The van der Waals surface area contributed by atoms with Crippen molar-refractivity contribution < 1.29 is 14.4 Å². The first-order valence-corrected chi connectivity index (χ1v) is 16.7. The molecule has 1 aromatic heterocycles. The number of nitrogens with one attached hydrogen (secondary N) is 3. The number of nitrogens with two attached hydrogens (primary N) is 1. The van der Waals surface area contributed by atoms with Gasteiger partial charge in [0.1, 0.15) is 6.04 Å². The minimum absolute atomic E-state index is 0. The van der Waals surface area contributed by atoms with Gasteiger partial charge in [0.2, 0.25) is 17.6 Å². The lowest BCUT2D eigenvalue weighted by molar-refractivity contribution is -0.130. The topological polar surface area (TPSA) is 162 Å². The van der Waals surface area contributed by atoms with Crippen LogP contribution in [-0.4, -0.2) is 94.0 Å². The number of tetrazole rings is 1. The Kier molecular flexibility index (Phi) is 12.1. The molecule has 2 fully saturated rings. The third-order valence-electron chi connectivity index (χ3n) is 9.56. The molecule has 5 N–H and O–H groups in total. The van der Waals surface area contributed by atoms with E-state index < -0.39 is 6.04 Å². The van der Waals surface area contributed by atoms with Crippen molar-refractivity contribution in [3.8, 4) is 22.5 Å². The van der Waals surface area contributed by atoms with Crippen LogP contribution in [0.3, 0.4) is 0 Å². The molecule has 1 saturated carbocycles. The van der Waals surface area contributed by atoms with Crippen LogP contribution in [0.1, 0.15) is 41.6 Å². The summed E-state index contributed by atoms with van der Waals surface area (Å²) in [6.45, 7) is 3.84. The molecule has 2 aliphatic rings. The quantitative estimate of drug-likeness (QED) is 0.196. The van der Waals surface area contributed by atoms with Gasteiger partial charge in [0.25, 0.3) is 5.91 Å². The minimum atomic E-state index is -0.791. The standard InChI is InChI=1S/C36H43N9O3.ClH/c1-44-17-19-45(20-18-44)36(48)29-11-9-26(10-12-29)30-4-2-3-25(21-30)22-32(39-34(46)28-7-5-24(23-37)6-8-28)35(47)38-31-15-13-27(14-16-31)33-40-42-43-41-33;/h2-4,9-16,21,24,28,32H,5-8,17-20,22-23,37H2,1H3,(H,38,47)(H,39,46)(H,40,41,42,43);1H/t24?,28?,32-;/m0./s1. The Morgan fingerprint density at radius 1 is 0.898 bits per heavy atom. The second-order valence-electron chi connectivity index (χ2n) is 12.9. The lowest BCUT2D eigenvalue weighted by atomic mass is 9.81. The predicted molar refractivity (Wildman–Crippen MR) is 191 cm³/mol. The van der Waals surface area contributed by atoms with Crippen LogP contribution in [0.15, 0.2) is 72.8 Å². The molecule has 4 aromatic rings. The molecule has 1 aliphatic carbocycles. The molecule has 0 spiro atoms. The van der Waals surface area contributed by atoms with Crippen LogP contribution in [0.5, 0.6) is 0 Å². The number of nitrogens with zero attached hydrogens (tertiary/aromatic N) is 5. The van der Waals surface area contributed by atoms with E-state index in [0.717, 1.165) is 74.1 Å². The average Bonchev–Trinajstić information content (AvgIpc) is 3.67. The van der Waals surface area contributed by atoms with Gasteiger partial charge >= 0.3 is 0 Å². The molecule has 1 atom stereocenters. The molecule has 6 rings (SSSR count). The molecular weight excluding hydrogens is 642 g/mol. The number of halogens is 1. The van der Waals surface area contributed by atoms with Crippen molar-refractivity contribution in [3.05, 3.63) is 83.9 Å². The monoisotopic (exact) mass is 685 g/mol. The molecule has 1 aliphatic heterocycles. The van der Waals surface area contributed by atoms with Gasteiger partial charge in [0, 0.05) is 55.3 Å². The number of hydrogen-bond acceptors (Lipinski definition) is 8. The van der Waals surface area contributed by atoms with Crippen molar-refractivity contribution in [3.63, 3.8) is 0 Å². The SMILES string of the molecule is CN1CCN(C(=O)c2ccc(-c3cccc(C[C@H](NC(=O)C4CCC(CN)CC4)C(=O)Nc4ccc(-c5nn[nH]n5)cc4)c3)cc2)CC1.Cl. The zero-order chi connectivity index (χ0) is 33.5. The van der Waals surface area contributed by atoms with E-state index in [-0.39, 0.29) is 36.0 Å². The third kappa shape index (κ3) is 9.08. The third-order valence-corrected chi connectivity index (χ3v) is 9.56. The summed E-state index contributed by atoms with van der Waals surface area (Å²) in [7, 11) is 2.07. The molecule has 0 bridgehead atoms. The van der Waals surface area contributed by atoms with Crippen LogP contribution in [0.4, 0.5) is 5.69 Å². The Bertz CT molecular complexity index is 1680. The van der Waals surface area contributed by atoms with E-state index >= 15 is 0 Å². The van der Waals surface area contributed by atoms with E-state index in [9.17, 15) is 14.4 Å². The van der Waals surface area contributed by atoms with Gasteiger partial charge in [-0.05, 0) is 103 Å². The van der Waals surface area contributed by atoms with Crippen LogP contribution < -0.4 is 16.4 Å². The fourth-order valence-corrected chi connectivity index (χ4v) is 6.49. The summed E-state index contributed by atoms with van der Waals surface area (Å²) in [6, 6.07) is 22.0. The molecule has 3 amide bonds. The summed E-state index contributed by atoms with van der Waals surface area (Å²) in [5.74, 6) is 0.409. The number of H-pyrrole nitrogens is 1. The van der Waals surface area contributed by atoms with Crippen molar-refractivity contribution in [2.75, 3.05) is 45.1 Å². The smallest absolute Gasteiger partial charge is 0.253 e. The Morgan fingerprint density at radius 3 is 2.24 bits per heavy atom. The maximum Gasteiger partial charge on any atom is 0.253 e. The van der Waals surface area contributed by atoms with Crippen molar-refractivity contribution in [1.82, 2.24) is 35.7 Å². The summed E-state index contributed by atoms with van der Waals surface area (Å²) < 4.78 is 0. The van der Waals surface area contributed by atoms with Gasteiger partial charge in [0.15, 0.2) is 0 Å². The van der Waals surface area contributed by atoms with Gasteiger partial charge in [-0.1, -0.05) is 36.4 Å². The Balaban J connectivity index is 0.00000468. The molecule has 0 radical (unpaired) electrons. The first-order chi connectivity index (χ1) is 23.4. The minimum Gasteiger partial charge on any atom is -0.344 e. The summed E-state index contributed by atoms with van der Waals surface area (Å²) in [5.41, 5.74) is 10.7. The van der Waals surface area contributed by atoms with Gasteiger partial charge in [-0.3, -0.25) is 14.4 Å². The predicted octanol–water partition coefficient (Wildman–Crippen LogP) is 3.77. The molecule has 49 heavy (non-hydrogen) atoms. The lowest BCUT2D eigenvalue weighted by Crippen LogP contribution is -2.48. The second kappa shape index (κ2) is 16.6. The number of amides is 3. The molecule has 2 heterocycles. The molecule has 0 unspecified atom stereocenters. The highest BCUT2D eigenvalue weighted by Gasteiger charge is 2.29. The summed E-state index contributed by atoms with van der Waals surface area (Å²) in [5, 5.41) is 20.1. The second-order valence-corrected chi connectivity index (χ2v) is 12.9. The number of benzene rings is 3. The number of carbonyl (C=O) groups is 3. The zero-order valence-corrected chi connectivity index (χ0v) is 28.5. The van der Waals surface area contributed by atoms with Gasteiger partial charge < -0.3 is 26.2 Å². The van der Waals surface area contributed by atoms with Crippen LogP contribution in [-0.2, 0) is 16.0 Å². The van der Waals surface area contributed by atoms with Crippen LogP contribution in [0.25, 0.3) is 22.5 Å². The number of piperazine rings is 1. The van der Waals surface area contributed by atoms with Gasteiger partial charge in [0.05, 0.1) is 0 Å². The fourth-order valence-electron chi connectivity index (χ4n) is 6.49.